The number of hydrogen-bond acceptors (Lipinski definition) is 2. The number of ether oxygens (including phenoxy) is 1. The van der Waals surface area contributed by atoms with E-state index in [9.17, 15) is 8.78 Å². The maximum Gasteiger partial charge on any atom is 0.150 e. The van der Waals surface area contributed by atoms with Crippen LogP contribution in [0.5, 0.6) is 0 Å². The quantitative estimate of drug-likeness (QED) is 0.507. The smallest absolute Gasteiger partial charge is 0.150 e. The SMILES string of the molecule is Fc1cccc(F)c1-c1cccc2c1c(I)nn2C1CCCCO1. The molecule has 3 nitrogen and oxygen atoms in total. The van der Waals surface area contributed by atoms with Gasteiger partial charge in [0, 0.05) is 12.0 Å². The van der Waals surface area contributed by atoms with Gasteiger partial charge in [0.25, 0.3) is 0 Å². The largest absolute Gasteiger partial charge is 0.356 e. The third kappa shape index (κ3) is 2.61. The lowest BCUT2D eigenvalue weighted by Crippen LogP contribution is -2.19. The first-order valence-electron chi connectivity index (χ1n) is 7.89. The highest BCUT2D eigenvalue weighted by atomic mass is 127. The Morgan fingerprint density at radius 2 is 1.83 bits per heavy atom. The van der Waals surface area contributed by atoms with Crippen molar-refractivity contribution in [3.63, 3.8) is 0 Å². The van der Waals surface area contributed by atoms with Crippen LogP contribution in [0.4, 0.5) is 8.78 Å². The molecular weight excluding hydrogens is 425 g/mol. The van der Waals surface area contributed by atoms with Gasteiger partial charge in [-0.05, 0) is 65.6 Å². The van der Waals surface area contributed by atoms with Crippen LogP contribution in [0.2, 0.25) is 0 Å². The van der Waals surface area contributed by atoms with Crippen molar-refractivity contribution in [2.24, 2.45) is 0 Å². The van der Waals surface area contributed by atoms with Crippen molar-refractivity contribution in [3.8, 4) is 11.1 Å². The second kappa shape index (κ2) is 6.40. The molecule has 124 valence electrons. The maximum atomic E-state index is 14.3. The zero-order valence-electron chi connectivity index (χ0n) is 12.8. The van der Waals surface area contributed by atoms with Crippen LogP contribution >= 0.6 is 22.6 Å². The number of aromatic nitrogens is 2. The minimum atomic E-state index is -0.569. The monoisotopic (exact) mass is 440 g/mol. The average Bonchev–Trinajstić information content (AvgIpc) is 2.93. The van der Waals surface area contributed by atoms with Crippen LogP contribution in [-0.2, 0) is 4.74 Å². The van der Waals surface area contributed by atoms with Crippen molar-refractivity contribution in [1.82, 2.24) is 9.78 Å². The van der Waals surface area contributed by atoms with Gasteiger partial charge in [-0.15, -0.1) is 0 Å². The van der Waals surface area contributed by atoms with Gasteiger partial charge in [-0.1, -0.05) is 18.2 Å². The number of nitrogens with zero attached hydrogens (tertiary/aromatic N) is 2. The molecule has 0 N–H and O–H groups in total. The lowest BCUT2D eigenvalue weighted by molar-refractivity contribution is -0.0368. The van der Waals surface area contributed by atoms with Gasteiger partial charge in [-0.2, -0.15) is 5.10 Å². The third-order valence-electron chi connectivity index (χ3n) is 4.35. The van der Waals surface area contributed by atoms with Crippen molar-refractivity contribution < 1.29 is 13.5 Å². The predicted molar refractivity (Wildman–Crippen MR) is 96.6 cm³/mol. The van der Waals surface area contributed by atoms with Crippen molar-refractivity contribution in [1.29, 1.82) is 0 Å². The van der Waals surface area contributed by atoms with Gasteiger partial charge in [0.1, 0.15) is 15.3 Å². The molecule has 0 radical (unpaired) electrons. The Balaban J connectivity index is 1.94. The van der Waals surface area contributed by atoms with Crippen LogP contribution in [-0.4, -0.2) is 16.4 Å². The van der Waals surface area contributed by atoms with E-state index in [1.165, 1.54) is 18.2 Å². The van der Waals surface area contributed by atoms with E-state index in [1.54, 1.807) is 12.1 Å². The molecule has 0 bridgehead atoms. The zero-order chi connectivity index (χ0) is 16.7. The van der Waals surface area contributed by atoms with E-state index >= 15 is 0 Å². The fourth-order valence-corrected chi connectivity index (χ4v) is 4.05. The van der Waals surface area contributed by atoms with E-state index < -0.39 is 11.6 Å². The topological polar surface area (TPSA) is 27.1 Å². The summed E-state index contributed by atoms with van der Waals surface area (Å²) >= 11 is 2.12. The molecule has 1 fully saturated rings. The zero-order valence-corrected chi connectivity index (χ0v) is 15.0. The van der Waals surface area contributed by atoms with Crippen molar-refractivity contribution in [3.05, 3.63) is 51.7 Å². The molecule has 0 amide bonds. The normalized spacial score (nSPS) is 18.2. The standard InChI is InChI=1S/C18H15F2IN2O/c19-12-6-4-7-13(20)16(12)11-5-3-8-14-17(11)18(21)22-23(14)15-9-1-2-10-24-15/h3-8,15H,1-2,9-10H2. The lowest BCUT2D eigenvalue weighted by Gasteiger charge is -2.23. The molecule has 0 saturated carbocycles. The van der Waals surface area contributed by atoms with Gasteiger partial charge >= 0.3 is 0 Å². The van der Waals surface area contributed by atoms with E-state index in [0.29, 0.717) is 12.2 Å². The molecule has 6 heteroatoms. The van der Waals surface area contributed by atoms with Gasteiger partial charge in [-0.25, -0.2) is 13.5 Å². The molecule has 24 heavy (non-hydrogen) atoms. The lowest BCUT2D eigenvalue weighted by atomic mass is 10.0. The summed E-state index contributed by atoms with van der Waals surface area (Å²) in [6.07, 6.45) is 2.92. The molecule has 1 saturated heterocycles. The minimum absolute atomic E-state index is 0.00914. The van der Waals surface area contributed by atoms with Crippen LogP contribution in [0.15, 0.2) is 36.4 Å². The van der Waals surface area contributed by atoms with E-state index in [2.05, 4.69) is 27.7 Å². The summed E-state index contributed by atoms with van der Waals surface area (Å²) in [7, 11) is 0. The summed E-state index contributed by atoms with van der Waals surface area (Å²) in [6, 6.07) is 9.39. The van der Waals surface area contributed by atoms with E-state index in [1.807, 2.05) is 10.7 Å². The summed E-state index contributed by atoms with van der Waals surface area (Å²) in [5, 5.41) is 5.35. The Hall–Kier alpha value is -1.54. The Labute approximate surface area is 151 Å². The average molecular weight is 440 g/mol. The molecule has 1 unspecified atom stereocenters. The number of hydrogen-bond donors (Lipinski definition) is 0. The van der Waals surface area contributed by atoms with Gasteiger partial charge in [0.2, 0.25) is 0 Å². The maximum absolute atomic E-state index is 14.3. The molecule has 2 heterocycles. The summed E-state index contributed by atoms with van der Waals surface area (Å²) in [6.45, 7) is 0.713. The molecular formula is C18H15F2IN2O. The summed E-state index contributed by atoms with van der Waals surface area (Å²) in [5.41, 5.74) is 1.35. The Morgan fingerprint density at radius 1 is 1.08 bits per heavy atom. The Bertz CT molecular complexity index is 883. The number of rotatable bonds is 2. The molecule has 1 aliphatic rings. The summed E-state index contributed by atoms with van der Waals surface area (Å²) in [5.74, 6) is -1.14. The fourth-order valence-electron chi connectivity index (χ4n) is 3.25. The Morgan fingerprint density at radius 3 is 2.54 bits per heavy atom. The number of fused-ring (bicyclic) bond motifs is 1. The van der Waals surface area contributed by atoms with Gasteiger partial charge in [0.15, 0.2) is 6.23 Å². The third-order valence-corrected chi connectivity index (χ3v) is 5.11. The first-order valence-corrected chi connectivity index (χ1v) is 8.97. The highest BCUT2D eigenvalue weighted by Gasteiger charge is 2.23. The molecule has 1 aliphatic heterocycles. The van der Waals surface area contributed by atoms with Crippen LogP contribution in [0.1, 0.15) is 25.5 Å². The van der Waals surface area contributed by atoms with Gasteiger partial charge in [0.05, 0.1) is 11.1 Å². The summed E-state index contributed by atoms with van der Waals surface area (Å²) < 4.78 is 36.9. The minimum Gasteiger partial charge on any atom is -0.356 e. The van der Waals surface area contributed by atoms with Crippen LogP contribution in [0, 0.1) is 15.3 Å². The molecule has 3 aromatic rings. The van der Waals surface area contributed by atoms with Crippen molar-refractivity contribution >= 4 is 33.5 Å². The fraction of sp³-hybridized carbons (Fsp3) is 0.278. The van der Waals surface area contributed by atoms with Crippen molar-refractivity contribution in [2.75, 3.05) is 6.61 Å². The van der Waals surface area contributed by atoms with E-state index in [0.717, 1.165) is 33.9 Å². The molecule has 1 aromatic heterocycles. The second-order valence-corrected chi connectivity index (χ2v) is 6.87. The Kier molecular flexibility index (Phi) is 4.26. The van der Waals surface area contributed by atoms with Crippen LogP contribution < -0.4 is 0 Å². The molecule has 2 aromatic carbocycles. The number of benzene rings is 2. The van der Waals surface area contributed by atoms with E-state index in [4.69, 9.17) is 4.74 Å². The molecule has 0 aliphatic carbocycles. The molecule has 0 spiro atoms. The molecule has 4 rings (SSSR count). The van der Waals surface area contributed by atoms with Gasteiger partial charge < -0.3 is 4.74 Å². The first-order chi connectivity index (χ1) is 11.7. The van der Waals surface area contributed by atoms with Crippen LogP contribution in [0.3, 0.4) is 0 Å². The van der Waals surface area contributed by atoms with Gasteiger partial charge in [-0.3, -0.25) is 0 Å². The highest BCUT2D eigenvalue weighted by Crippen LogP contribution is 2.37. The second-order valence-electron chi connectivity index (χ2n) is 5.85. The molecule has 1 atom stereocenters. The summed E-state index contributed by atoms with van der Waals surface area (Å²) in [4.78, 5) is 0. The number of halogens is 3. The van der Waals surface area contributed by atoms with Crippen molar-refractivity contribution in [2.45, 2.75) is 25.5 Å². The first kappa shape index (κ1) is 16.0. The highest BCUT2D eigenvalue weighted by molar-refractivity contribution is 14.1. The predicted octanol–water partition coefficient (Wildman–Crippen LogP) is 5.29. The van der Waals surface area contributed by atoms with Crippen LogP contribution in [0.25, 0.3) is 22.0 Å². The van der Waals surface area contributed by atoms with E-state index in [-0.39, 0.29) is 11.8 Å².